The minimum absolute atomic E-state index is 0.178. The molecule has 0 spiro atoms. The Kier molecular flexibility index (Phi) is 8.79. The first kappa shape index (κ1) is 17.1. The molecule has 0 aliphatic rings. The monoisotopic (exact) mass is 351 g/mol. The van der Waals surface area contributed by atoms with Gasteiger partial charge in [0.1, 0.15) is 0 Å². The summed E-state index contributed by atoms with van der Waals surface area (Å²) in [5.74, 6) is 0.159. The van der Waals surface area contributed by atoms with Gasteiger partial charge in [0.2, 0.25) is 0 Å². The Balaban J connectivity index is 4.15. The van der Waals surface area contributed by atoms with Gasteiger partial charge in [-0.3, -0.25) is 0 Å². The average molecular weight is 350 g/mol. The summed E-state index contributed by atoms with van der Waals surface area (Å²) in [6, 6.07) is 0. The van der Waals surface area contributed by atoms with Gasteiger partial charge >= 0.3 is 120 Å². The van der Waals surface area contributed by atoms with Crippen LogP contribution >= 0.6 is 11.6 Å². The van der Waals surface area contributed by atoms with Crippen molar-refractivity contribution in [3.63, 3.8) is 0 Å². The zero-order chi connectivity index (χ0) is 12.9. The van der Waals surface area contributed by atoms with E-state index in [1.165, 1.54) is 6.42 Å². The van der Waals surface area contributed by atoms with Gasteiger partial charge in [0.15, 0.2) is 0 Å². The fourth-order valence-electron chi connectivity index (χ4n) is 1.67. The van der Waals surface area contributed by atoms with Gasteiger partial charge in [0.25, 0.3) is 0 Å². The van der Waals surface area contributed by atoms with Crippen LogP contribution < -0.4 is 0 Å². The molecule has 4 heteroatoms. The molecule has 0 bridgehead atoms. The summed E-state index contributed by atoms with van der Waals surface area (Å²) >= 11 is 7.71. The van der Waals surface area contributed by atoms with Crippen LogP contribution in [0.5, 0.6) is 0 Å². The first-order valence-electron chi connectivity index (χ1n) is 6.02. The van der Waals surface area contributed by atoms with E-state index in [9.17, 15) is 4.39 Å². The third-order valence-electron chi connectivity index (χ3n) is 3.26. The summed E-state index contributed by atoms with van der Waals surface area (Å²) < 4.78 is 14.5. The van der Waals surface area contributed by atoms with Crippen LogP contribution in [0.25, 0.3) is 0 Å². The second-order valence-corrected chi connectivity index (χ2v) is 8.38. The molecule has 0 heterocycles. The Bertz CT molecular complexity index is 190. The van der Waals surface area contributed by atoms with Crippen molar-refractivity contribution in [2.24, 2.45) is 11.8 Å². The van der Waals surface area contributed by atoms with E-state index < -0.39 is 17.4 Å². The van der Waals surface area contributed by atoms with Crippen molar-refractivity contribution in [3.05, 3.63) is 0 Å². The van der Waals surface area contributed by atoms with Crippen LogP contribution in [-0.4, -0.2) is 41.9 Å². The minimum atomic E-state index is -1.11. The van der Waals surface area contributed by atoms with Crippen LogP contribution in [0.1, 0.15) is 40.5 Å². The molecule has 0 aliphatic carbocycles. The van der Waals surface area contributed by atoms with Gasteiger partial charge < -0.3 is 0 Å². The Morgan fingerprint density at radius 3 is 2.06 bits per heavy atom. The maximum atomic E-state index is 13.7. The first-order chi connectivity index (χ1) is 7.27. The zero-order valence-electron chi connectivity index (χ0n) is 10.7. The Morgan fingerprint density at radius 2 is 1.69 bits per heavy atom. The van der Waals surface area contributed by atoms with E-state index in [0.717, 1.165) is 10.4 Å². The Labute approximate surface area is 120 Å². The standard InChI is InChI=1S/C12H22BClF.Sn/c1-5-6-7-8(2)9(3)11(14)12(15)10(4)13;/h5,8-12H,6-7H2,1-4H3;. The summed E-state index contributed by atoms with van der Waals surface area (Å²) in [4.78, 5) is 0. The molecule has 0 aromatic heterocycles. The summed E-state index contributed by atoms with van der Waals surface area (Å²) in [7, 11) is 5.54. The molecule has 0 amide bonds. The number of alkyl halides is 2. The molecule has 5 radical (unpaired) electrons. The SMILES string of the molecule is [B]C(C)C(F)C(Cl)C(C)C(C)CC[CH](C)[Sn]. The molecular formula is C12H22BClFSn. The van der Waals surface area contributed by atoms with Gasteiger partial charge in [-0.1, -0.05) is 0 Å². The second-order valence-electron chi connectivity index (χ2n) is 5.06. The molecule has 0 aromatic carbocycles. The fraction of sp³-hybridized carbons (Fsp3) is 1.00. The number of halogens is 2. The van der Waals surface area contributed by atoms with E-state index in [1.807, 2.05) is 6.92 Å². The van der Waals surface area contributed by atoms with Crippen molar-refractivity contribution < 1.29 is 4.39 Å². The van der Waals surface area contributed by atoms with Crippen LogP contribution in [0.3, 0.4) is 0 Å². The van der Waals surface area contributed by atoms with Crippen molar-refractivity contribution in [1.82, 2.24) is 0 Å². The third-order valence-corrected chi connectivity index (χ3v) is 4.72. The molecule has 0 aliphatic heterocycles. The molecule has 0 N–H and O–H groups in total. The molecular weight excluding hydrogens is 328 g/mol. The van der Waals surface area contributed by atoms with Gasteiger partial charge in [0, 0.05) is 0 Å². The fourth-order valence-corrected chi connectivity index (χ4v) is 2.62. The van der Waals surface area contributed by atoms with Crippen molar-refractivity contribution >= 4 is 42.0 Å². The Hall–Kier alpha value is 1.08. The summed E-state index contributed by atoms with van der Waals surface area (Å²) in [5.41, 5.74) is 0. The quantitative estimate of drug-likeness (QED) is 0.482. The van der Waals surface area contributed by atoms with Crippen LogP contribution in [-0.2, 0) is 0 Å². The van der Waals surface area contributed by atoms with Gasteiger partial charge in [-0.25, -0.2) is 0 Å². The van der Waals surface area contributed by atoms with Crippen molar-refractivity contribution in [2.45, 2.75) is 61.8 Å². The zero-order valence-corrected chi connectivity index (χ0v) is 14.3. The second kappa shape index (κ2) is 8.23. The first-order valence-corrected chi connectivity index (χ1v) is 8.10. The molecule has 16 heavy (non-hydrogen) atoms. The average Bonchev–Trinajstić information content (AvgIpc) is 2.22. The molecule has 0 nitrogen and oxygen atoms in total. The van der Waals surface area contributed by atoms with Crippen molar-refractivity contribution in [3.8, 4) is 0 Å². The summed E-state index contributed by atoms with van der Waals surface area (Å²) in [5, 5.41) is -0.463. The molecule has 6 unspecified atom stereocenters. The van der Waals surface area contributed by atoms with E-state index in [1.54, 1.807) is 29.4 Å². The number of rotatable bonds is 7. The van der Waals surface area contributed by atoms with E-state index in [-0.39, 0.29) is 5.92 Å². The van der Waals surface area contributed by atoms with Crippen molar-refractivity contribution in [2.75, 3.05) is 0 Å². The predicted octanol–water partition coefficient (Wildman–Crippen LogP) is 3.94. The Morgan fingerprint density at radius 1 is 1.19 bits per heavy atom. The van der Waals surface area contributed by atoms with Gasteiger partial charge in [0.05, 0.1) is 0 Å². The molecule has 6 atom stereocenters. The molecule has 0 aromatic rings. The predicted molar refractivity (Wildman–Crippen MR) is 72.5 cm³/mol. The van der Waals surface area contributed by atoms with E-state index in [0.29, 0.717) is 5.92 Å². The molecule has 91 valence electrons. The summed E-state index contributed by atoms with van der Waals surface area (Å²) in [6.45, 7) is 8.11. The van der Waals surface area contributed by atoms with Crippen LogP contribution in [0.2, 0.25) is 9.75 Å². The molecule has 0 saturated carbocycles. The normalized spacial score (nSPS) is 23.2. The maximum absolute atomic E-state index is 13.7. The third kappa shape index (κ3) is 6.13. The van der Waals surface area contributed by atoms with Crippen LogP contribution in [0.4, 0.5) is 4.39 Å². The van der Waals surface area contributed by atoms with Gasteiger partial charge in [-0.05, 0) is 0 Å². The van der Waals surface area contributed by atoms with Gasteiger partial charge in [-0.2, -0.15) is 0 Å². The van der Waals surface area contributed by atoms with E-state index >= 15 is 0 Å². The van der Waals surface area contributed by atoms with Crippen LogP contribution in [0, 0.1) is 11.8 Å². The van der Waals surface area contributed by atoms with Gasteiger partial charge in [-0.15, -0.1) is 0 Å². The molecule has 0 saturated heterocycles. The molecule has 0 rings (SSSR count). The van der Waals surface area contributed by atoms with E-state index in [2.05, 4.69) is 13.8 Å². The number of hydrogen-bond acceptors (Lipinski definition) is 0. The topological polar surface area (TPSA) is 0 Å². The summed E-state index contributed by atoms with van der Waals surface area (Å²) in [6.07, 6.45) is 1.23. The van der Waals surface area contributed by atoms with Crippen molar-refractivity contribution in [1.29, 1.82) is 0 Å². The number of hydrogen-bond donors (Lipinski definition) is 0. The van der Waals surface area contributed by atoms with Crippen LogP contribution in [0.15, 0.2) is 0 Å². The molecule has 0 fully saturated rings. The van der Waals surface area contributed by atoms with E-state index in [4.69, 9.17) is 19.4 Å².